The zero-order chi connectivity index (χ0) is 13.8. The van der Waals surface area contributed by atoms with Crippen LogP contribution in [0.2, 0.25) is 10.0 Å². The summed E-state index contributed by atoms with van der Waals surface area (Å²) < 4.78 is 5.48. The maximum Gasteiger partial charge on any atom is 0.287 e. The molecule has 1 heterocycles. The van der Waals surface area contributed by atoms with Crippen LogP contribution in [0.15, 0.2) is 47.4 Å². The van der Waals surface area contributed by atoms with E-state index < -0.39 is 0 Å². The van der Waals surface area contributed by atoms with Gasteiger partial charge in [-0.1, -0.05) is 29.3 Å². The first kappa shape index (κ1) is 13.7. The van der Waals surface area contributed by atoms with Crippen molar-refractivity contribution < 1.29 is 9.21 Å². The summed E-state index contributed by atoms with van der Waals surface area (Å²) in [5.41, 5.74) is 0.689. The number of benzene rings is 1. The van der Waals surface area contributed by atoms with Crippen molar-refractivity contribution in [2.24, 2.45) is 0 Å². The van der Waals surface area contributed by atoms with Crippen LogP contribution in [0.5, 0.6) is 0 Å². The van der Waals surface area contributed by atoms with Gasteiger partial charge in [-0.3, -0.25) is 4.79 Å². The predicted octanol–water partition coefficient (Wildman–Crippen LogP) is 4.17. The number of hydrogen-bond acceptors (Lipinski definition) is 2. The quantitative estimate of drug-likeness (QED) is 0.860. The van der Waals surface area contributed by atoms with Gasteiger partial charge in [0.1, 0.15) is 5.76 Å². The van der Waals surface area contributed by atoms with Crippen LogP contribution in [0.3, 0.4) is 0 Å². The molecule has 3 nitrogen and oxygen atoms in total. The summed E-state index contributed by atoms with van der Waals surface area (Å²) in [7, 11) is 0. The Morgan fingerprint density at radius 1 is 1.32 bits per heavy atom. The van der Waals surface area contributed by atoms with E-state index in [2.05, 4.69) is 11.9 Å². The minimum Gasteiger partial charge on any atom is -0.451 e. The van der Waals surface area contributed by atoms with E-state index in [9.17, 15) is 4.79 Å². The number of nitrogens with one attached hydrogen (secondary N) is 1. The summed E-state index contributed by atoms with van der Waals surface area (Å²) in [4.78, 5) is 11.7. The molecule has 0 bridgehead atoms. The number of rotatable bonds is 4. The third-order valence-electron chi connectivity index (χ3n) is 2.43. The van der Waals surface area contributed by atoms with Gasteiger partial charge in [-0.25, -0.2) is 0 Å². The smallest absolute Gasteiger partial charge is 0.287 e. The molecule has 1 amide bonds. The van der Waals surface area contributed by atoms with Crippen molar-refractivity contribution in [3.05, 3.63) is 58.8 Å². The van der Waals surface area contributed by atoms with Crippen molar-refractivity contribution in [3.8, 4) is 11.3 Å². The second-order valence-electron chi connectivity index (χ2n) is 3.79. The highest BCUT2D eigenvalue weighted by Gasteiger charge is 2.13. The zero-order valence-electron chi connectivity index (χ0n) is 9.95. The molecule has 2 aromatic rings. The van der Waals surface area contributed by atoms with Gasteiger partial charge in [0.2, 0.25) is 0 Å². The lowest BCUT2D eigenvalue weighted by Gasteiger charge is -2.01. The molecule has 0 aliphatic carbocycles. The van der Waals surface area contributed by atoms with Crippen LogP contribution >= 0.6 is 23.2 Å². The van der Waals surface area contributed by atoms with E-state index in [0.717, 1.165) is 0 Å². The highest BCUT2D eigenvalue weighted by molar-refractivity contribution is 6.36. The number of carbonyl (C=O) groups excluding carboxylic acids is 1. The maximum atomic E-state index is 11.7. The summed E-state index contributed by atoms with van der Waals surface area (Å²) in [5, 5.41) is 3.65. The largest absolute Gasteiger partial charge is 0.451 e. The maximum absolute atomic E-state index is 11.7. The third-order valence-corrected chi connectivity index (χ3v) is 2.98. The molecule has 0 aliphatic rings. The van der Waals surface area contributed by atoms with Gasteiger partial charge in [-0.05, 0) is 30.3 Å². The Labute approximate surface area is 120 Å². The Bertz CT molecular complexity index is 620. The van der Waals surface area contributed by atoms with Crippen molar-refractivity contribution in [1.29, 1.82) is 0 Å². The van der Waals surface area contributed by atoms with Crippen molar-refractivity contribution >= 4 is 29.1 Å². The Hall–Kier alpha value is -1.71. The average molecular weight is 296 g/mol. The van der Waals surface area contributed by atoms with E-state index in [0.29, 0.717) is 27.9 Å². The fourth-order valence-corrected chi connectivity index (χ4v) is 2.05. The second-order valence-corrected chi connectivity index (χ2v) is 4.63. The van der Waals surface area contributed by atoms with E-state index >= 15 is 0 Å². The molecule has 1 N–H and O–H groups in total. The third kappa shape index (κ3) is 3.19. The second kappa shape index (κ2) is 5.95. The molecule has 1 aromatic heterocycles. The predicted molar refractivity (Wildman–Crippen MR) is 76.7 cm³/mol. The Morgan fingerprint density at radius 2 is 2.11 bits per heavy atom. The number of amides is 1. The SMILES string of the molecule is C=CCNC(=O)c1ccc(-c2ccc(Cl)cc2Cl)o1. The highest BCUT2D eigenvalue weighted by atomic mass is 35.5. The normalized spacial score (nSPS) is 10.2. The lowest BCUT2D eigenvalue weighted by atomic mass is 10.2. The molecule has 19 heavy (non-hydrogen) atoms. The van der Waals surface area contributed by atoms with Gasteiger partial charge < -0.3 is 9.73 Å². The first-order valence-electron chi connectivity index (χ1n) is 5.56. The fourth-order valence-electron chi connectivity index (χ4n) is 1.55. The van der Waals surface area contributed by atoms with Gasteiger partial charge in [-0.2, -0.15) is 0 Å². The molecular formula is C14H11Cl2NO2. The molecule has 0 atom stereocenters. The number of halogens is 2. The van der Waals surface area contributed by atoms with E-state index in [4.69, 9.17) is 27.6 Å². The number of carbonyl (C=O) groups is 1. The lowest BCUT2D eigenvalue weighted by Crippen LogP contribution is -2.22. The molecule has 98 valence electrons. The summed E-state index contributed by atoms with van der Waals surface area (Å²) in [6.45, 7) is 3.91. The number of furan rings is 1. The van der Waals surface area contributed by atoms with Crippen LogP contribution in [-0.2, 0) is 0 Å². The Kier molecular flexibility index (Phi) is 4.30. The molecule has 0 fully saturated rings. The Morgan fingerprint density at radius 3 is 2.79 bits per heavy atom. The number of hydrogen-bond donors (Lipinski definition) is 1. The summed E-state index contributed by atoms with van der Waals surface area (Å²) in [6.07, 6.45) is 1.60. The van der Waals surface area contributed by atoms with Crippen molar-refractivity contribution in [2.75, 3.05) is 6.54 Å². The summed E-state index contributed by atoms with van der Waals surface area (Å²) >= 11 is 11.9. The topological polar surface area (TPSA) is 42.2 Å². The van der Waals surface area contributed by atoms with Crippen molar-refractivity contribution in [2.45, 2.75) is 0 Å². The van der Waals surface area contributed by atoms with E-state index in [1.54, 1.807) is 36.4 Å². The lowest BCUT2D eigenvalue weighted by molar-refractivity contribution is 0.0931. The molecule has 0 spiro atoms. The van der Waals surface area contributed by atoms with Crippen LogP contribution in [0.1, 0.15) is 10.6 Å². The van der Waals surface area contributed by atoms with Crippen LogP contribution in [-0.4, -0.2) is 12.5 Å². The Balaban J connectivity index is 2.25. The molecule has 0 radical (unpaired) electrons. The minimum atomic E-state index is -0.295. The van der Waals surface area contributed by atoms with Crippen LogP contribution < -0.4 is 5.32 Å². The van der Waals surface area contributed by atoms with Gasteiger partial charge >= 0.3 is 0 Å². The minimum absolute atomic E-state index is 0.225. The molecule has 5 heteroatoms. The van der Waals surface area contributed by atoms with Crippen molar-refractivity contribution in [3.63, 3.8) is 0 Å². The highest BCUT2D eigenvalue weighted by Crippen LogP contribution is 2.31. The van der Waals surface area contributed by atoms with Gasteiger partial charge in [-0.15, -0.1) is 6.58 Å². The van der Waals surface area contributed by atoms with Gasteiger partial charge in [0.25, 0.3) is 5.91 Å². The first-order valence-corrected chi connectivity index (χ1v) is 6.32. The molecule has 0 saturated heterocycles. The fraction of sp³-hybridized carbons (Fsp3) is 0.0714. The van der Waals surface area contributed by atoms with E-state index in [1.165, 1.54) is 0 Å². The zero-order valence-corrected chi connectivity index (χ0v) is 11.5. The van der Waals surface area contributed by atoms with Gasteiger partial charge in [0.05, 0.1) is 5.02 Å². The molecule has 0 aliphatic heterocycles. The van der Waals surface area contributed by atoms with Gasteiger partial charge in [0, 0.05) is 17.1 Å². The molecule has 0 saturated carbocycles. The molecule has 1 aromatic carbocycles. The molecule has 0 unspecified atom stereocenters. The van der Waals surface area contributed by atoms with Gasteiger partial charge in [0.15, 0.2) is 5.76 Å². The van der Waals surface area contributed by atoms with Crippen LogP contribution in [0, 0.1) is 0 Å². The van der Waals surface area contributed by atoms with E-state index in [-0.39, 0.29) is 11.7 Å². The molecule has 2 rings (SSSR count). The average Bonchev–Trinajstić information content (AvgIpc) is 2.85. The monoisotopic (exact) mass is 295 g/mol. The van der Waals surface area contributed by atoms with Crippen LogP contribution in [0.4, 0.5) is 0 Å². The molecular weight excluding hydrogens is 285 g/mol. The van der Waals surface area contributed by atoms with Crippen molar-refractivity contribution in [1.82, 2.24) is 5.32 Å². The van der Waals surface area contributed by atoms with E-state index in [1.807, 2.05) is 0 Å². The standard InChI is InChI=1S/C14H11Cl2NO2/c1-2-7-17-14(18)13-6-5-12(19-13)10-4-3-9(15)8-11(10)16/h2-6,8H,1,7H2,(H,17,18). The van der Waals surface area contributed by atoms with Crippen LogP contribution in [0.25, 0.3) is 11.3 Å². The summed E-state index contributed by atoms with van der Waals surface area (Å²) in [6, 6.07) is 8.37. The summed E-state index contributed by atoms with van der Waals surface area (Å²) in [5.74, 6) is 0.449. The first-order chi connectivity index (χ1) is 9.11.